The van der Waals surface area contributed by atoms with Gasteiger partial charge in [-0.25, -0.2) is 4.79 Å². The highest BCUT2D eigenvalue weighted by atomic mass is 16.4. The first-order chi connectivity index (χ1) is 12.0. The van der Waals surface area contributed by atoms with Crippen LogP contribution in [0.4, 0.5) is 0 Å². The smallest absolute Gasteiger partial charge is 0.326 e. The van der Waals surface area contributed by atoms with Gasteiger partial charge in [0.15, 0.2) is 0 Å². The summed E-state index contributed by atoms with van der Waals surface area (Å²) in [6, 6.07) is 10.2. The van der Waals surface area contributed by atoms with Crippen LogP contribution in [0.1, 0.15) is 54.5 Å². The molecule has 2 rings (SSSR count). The van der Waals surface area contributed by atoms with Gasteiger partial charge >= 0.3 is 5.97 Å². The Morgan fingerprint density at radius 3 is 2.40 bits per heavy atom. The number of benzene rings is 1. The van der Waals surface area contributed by atoms with Crippen LogP contribution < -0.4 is 5.32 Å². The van der Waals surface area contributed by atoms with Crippen LogP contribution in [0.2, 0.25) is 0 Å². The minimum Gasteiger partial charge on any atom is -0.480 e. The Hall–Kier alpha value is -2.63. The third kappa shape index (κ3) is 4.68. The van der Waals surface area contributed by atoms with Gasteiger partial charge in [0, 0.05) is 12.1 Å². The van der Waals surface area contributed by atoms with Crippen molar-refractivity contribution in [2.24, 2.45) is 0 Å². The molecule has 0 fully saturated rings. The first-order valence-corrected chi connectivity index (χ1v) is 8.60. The van der Waals surface area contributed by atoms with Crippen molar-refractivity contribution in [2.45, 2.75) is 52.1 Å². The van der Waals surface area contributed by atoms with Crippen molar-refractivity contribution in [2.75, 3.05) is 0 Å². The Labute approximate surface area is 147 Å². The molecule has 0 aliphatic heterocycles. The largest absolute Gasteiger partial charge is 0.480 e. The van der Waals surface area contributed by atoms with E-state index >= 15 is 0 Å². The van der Waals surface area contributed by atoms with Gasteiger partial charge in [-0.05, 0) is 31.4 Å². The number of aromatic nitrogens is 2. The summed E-state index contributed by atoms with van der Waals surface area (Å²) in [4.78, 5) is 24.0. The zero-order chi connectivity index (χ0) is 18.4. The fourth-order valence-electron chi connectivity index (χ4n) is 2.89. The molecule has 6 heteroatoms. The molecular weight excluding hydrogens is 318 g/mol. The number of rotatable bonds is 8. The molecule has 2 aromatic rings. The molecule has 6 nitrogen and oxygen atoms in total. The average molecular weight is 343 g/mol. The number of aryl methyl sites for hydroxylation is 1. The fourth-order valence-corrected chi connectivity index (χ4v) is 2.89. The highest BCUT2D eigenvalue weighted by molar-refractivity contribution is 5.95. The average Bonchev–Trinajstić information content (AvgIpc) is 2.98. The van der Waals surface area contributed by atoms with E-state index in [4.69, 9.17) is 0 Å². The van der Waals surface area contributed by atoms with Crippen molar-refractivity contribution < 1.29 is 14.7 Å². The van der Waals surface area contributed by atoms with Gasteiger partial charge in [-0.1, -0.05) is 44.2 Å². The molecule has 0 bridgehead atoms. The second-order valence-corrected chi connectivity index (χ2v) is 6.14. The highest BCUT2D eigenvalue weighted by Crippen LogP contribution is 2.18. The van der Waals surface area contributed by atoms with Gasteiger partial charge < -0.3 is 10.4 Å². The zero-order valence-corrected chi connectivity index (χ0v) is 14.9. The number of carboxylic acids is 1. The third-order valence-electron chi connectivity index (χ3n) is 4.33. The van der Waals surface area contributed by atoms with Crippen molar-refractivity contribution in [3.8, 4) is 0 Å². The van der Waals surface area contributed by atoms with E-state index in [0.29, 0.717) is 0 Å². The molecule has 0 radical (unpaired) electrons. The van der Waals surface area contributed by atoms with E-state index in [0.717, 1.165) is 24.1 Å². The predicted octanol–water partition coefficient (Wildman–Crippen LogP) is 2.98. The molecule has 0 spiro atoms. The van der Waals surface area contributed by atoms with Gasteiger partial charge in [0.25, 0.3) is 5.91 Å². The molecule has 1 unspecified atom stereocenters. The van der Waals surface area contributed by atoms with E-state index in [-0.39, 0.29) is 18.2 Å². The molecule has 0 saturated heterocycles. The van der Waals surface area contributed by atoms with E-state index in [1.54, 1.807) is 6.07 Å². The molecule has 1 atom stereocenters. The Morgan fingerprint density at radius 1 is 1.20 bits per heavy atom. The quantitative estimate of drug-likeness (QED) is 0.772. The van der Waals surface area contributed by atoms with Gasteiger partial charge in [-0.2, -0.15) is 5.10 Å². The summed E-state index contributed by atoms with van der Waals surface area (Å²) in [6.45, 7) is 6.06. The number of hydrogen-bond donors (Lipinski definition) is 2. The van der Waals surface area contributed by atoms with Crippen LogP contribution >= 0.6 is 0 Å². The molecule has 1 aromatic heterocycles. The SMILES string of the molecule is CCC(CC)n1nc(C(=O)NC(Cc2ccccc2)C(=O)O)cc1C. The lowest BCUT2D eigenvalue weighted by Gasteiger charge is -2.15. The summed E-state index contributed by atoms with van der Waals surface area (Å²) in [5, 5.41) is 16.4. The van der Waals surface area contributed by atoms with Crippen molar-refractivity contribution >= 4 is 11.9 Å². The molecule has 25 heavy (non-hydrogen) atoms. The second-order valence-electron chi connectivity index (χ2n) is 6.14. The van der Waals surface area contributed by atoms with Gasteiger partial charge in [-0.15, -0.1) is 0 Å². The molecule has 0 aliphatic rings. The summed E-state index contributed by atoms with van der Waals surface area (Å²) < 4.78 is 1.85. The highest BCUT2D eigenvalue weighted by Gasteiger charge is 2.23. The molecule has 134 valence electrons. The Balaban J connectivity index is 2.13. The number of amides is 1. The van der Waals surface area contributed by atoms with Gasteiger partial charge in [0.1, 0.15) is 11.7 Å². The summed E-state index contributed by atoms with van der Waals surface area (Å²) in [7, 11) is 0. The second kappa shape index (κ2) is 8.46. The number of aliphatic carboxylic acids is 1. The standard InChI is InChI=1S/C19H25N3O3/c1-4-15(5-2)22-13(3)11-16(21-22)18(23)20-17(19(24)25)12-14-9-7-6-8-10-14/h6-11,15,17H,4-5,12H2,1-3H3,(H,20,23)(H,24,25). The molecule has 0 saturated carbocycles. The third-order valence-corrected chi connectivity index (χ3v) is 4.33. The molecule has 2 N–H and O–H groups in total. The molecule has 1 heterocycles. The summed E-state index contributed by atoms with van der Waals surface area (Å²) in [6.07, 6.45) is 2.08. The van der Waals surface area contributed by atoms with Gasteiger partial charge in [0.05, 0.1) is 6.04 Å². The first kappa shape index (κ1) is 18.7. The van der Waals surface area contributed by atoms with Crippen molar-refractivity contribution in [1.29, 1.82) is 0 Å². The maximum atomic E-state index is 12.5. The number of nitrogens with zero attached hydrogens (tertiary/aromatic N) is 2. The van der Waals surface area contributed by atoms with Crippen LogP contribution in [0, 0.1) is 6.92 Å². The van der Waals surface area contributed by atoms with Gasteiger partial charge in [0.2, 0.25) is 0 Å². The molecule has 1 aromatic carbocycles. The monoisotopic (exact) mass is 343 g/mol. The summed E-state index contributed by atoms with van der Waals surface area (Å²) >= 11 is 0. The lowest BCUT2D eigenvalue weighted by atomic mass is 10.1. The topological polar surface area (TPSA) is 84.2 Å². The Morgan fingerprint density at radius 2 is 1.84 bits per heavy atom. The Kier molecular flexibility index (Phi) is 6.33. The van der Waals surface area contributed by atoms with E-state index in [1.165, 1.54) is 0 Å². The van der Waals surface area contributed by atoms with E-state index in [9.17, 15) is 14.7 Å². The maximum absolute atomic E-state index is 12.5. The van der Waals surface area contributed by atoms with Crippen molar-refractivity contribution in [1.82, 2.24) is 15.1 Å². The fraction of sp³-hybridized carbons (Fsp3) is 0.421. The van der Waals surface area contributed by atoms with Crippen LogP contribution in [0.3, 0.4) is 0 Å². The molecule has 1 amide bonds. The Bertz CT molecular complexity index is 721. The van der Waals surface area contributed by atoms with Crippen LogP contribution in [-0.2, 0) is 11.2 Å². The van der Waals surface area contributed by atoms with E-state index in [2.05, 4.69) is 24.3 Å². The summed E-state index contributed by atoms with van der Waals surface area (Å²) in [5.41, 5.74) is 2.01. The normalized spacial score (nSPS) is 12.2. The van der Waals surface area contributed by atoms with Crippen LogP contribution in [0.5, 0.6) is 0 Å². The predicted molar refractivity (Wildman–Crippen MR) is 95.6 cm³/mol. The number of nitrogens with one attached hydrogen (secondary N) is 1. The molecular formula is C19H25N3O3. The first-order valence-electron chi connectivity index (χ1n) is 8.60. The van der Waals surface area contributed by atoms with Crippen LogP contribution in [0.15, 0.2) is 36.4 Å². The van der Waals surface area contributed by atoms with Crippen molar-refractivity contribution in [3.63, 3.8) is 0 Å². The number of carboxylic acid groups (broad SMARTS) is 1. The minimum absolute atomic E-state index is 0.230. The zero-order valence-electron chi connectivity index (χ0n) is 14.9. The molecule has 0 aliphatic carbocycles. The van der Waals surface area contributed by atoms with Crippen LogP contribution in [-0.4, -0.2) is 32.8 Å². The lowest BCUT2D eigenvalue weighted by Crippen LogP contribution is -2.42. The maximum Gasteiger partial charge on any atom is 0.326 e. The minimum atomic E-state index is -1.06. The van der Waals surface area contributed by atoms with Crippen molar-refractivity contribution in [3.05, 3.63) is 53.3 Å². The number of carbonyl (C=O) groups is 2. The van der Waals surface area contributed by atoms with E-state index in [1.807, 2.05) is 41.9 Å². The van der Waals surface area contributed by atoms with E-state index < -0.39 is 17.9 Å². The number of hydrogen-bond acceptors (Lipinski definition) is 3. The summed E-state index contributed by atoms with van der Waals surface area (Å²) in [5.74, 6) is -1.52. The number of carbonyl (C=O) groups excluding carboxylic acids is 1. The van der Waals surface area contributed by atoms with Crippen LogP contribution in [0.25, 0.3) is 0 Å². The lowest BCUT2D eigenvalue weighted by molar-refractivity contribution is -0.139. The van der Waals surface area contributed by atoms with Gasteiger partial charge in [-0.3, -0.25) is 9.48 Å².